The van der Waals surface area contributed by atoms with Crippen LogP contribution in [0.1, 0.15) is 28.8 Å². The Morgan fingerprint density at radius 3 is 2.73 bits per heavy atom. The SMILES string of the molecule is Cc1ncc(CO)c(CNCCCc2ccccc2F)c1O. The highest BCUT2D eigenvalue weighted by molar-refractivity contribution is 5.40. The van der Waals surface area contributed by atoms with E-state index in [1.807, 2.05) is 6.07 Å². The molecular weight excluding hydrogens is 283 g/mol. The van der Waals surface area contributed by atoms with E-state index in [0.29, 0.717) is 41.9 Å². The minimum absolute atomic E-state index is 0.119. The van der Waals surface area contributed by atoms with Gasteiger partial charge in [-0.05, 0) is 37.9 Å². The number of nitrogens with zero attached hydrogens (tertiary/aromatic N) is 1. The second-order valence-electron chi connectivity index (χ2n) is 5.23. The summed E-state index contributed by atoms with van der Waals surface area (Å²) in [5.74, 6) is -0.0550. The van der Waals surface area contributed by atoms with Crippen molar-refractivity contribution in [3.63, 3.8) is 0 Å². The summed E-state index contributed by atoms with van der Waals surface area (Å²) < 4.78 is 13.5. The predicted molar refractivity (Wildman–Crippen MR) is 83.0 cm³/mol. The molecule has 0 atom stereocenters. The second-order valence-corrected chi connectivity index (χ2v) is 5.23. The number of aromatic nitrogens is 1. The Morgan fingerprint density at radius 2 is 2.00 bits per heavy atom. The lowest BCUT2D eigenvalue weighted by atomic mass is 10.1. The number of aromatic hydroxyl groups is 1. The fourth-order valence-electron chi connectivity index (χ4n) is 2.34. The number of rotatable bonds is 7. The summed E-state index contributed by atoms with van der Waals surface area (Å²) in [6.07, 6.45) is 3.03. The van der Waals surface area contributed by atoms with Crippen LogP contribution in [0.4, 0.5) is 4.39 Å². The molecule has 2 rings (SSSR count). The number of aryl methyl sites for hydroxylation is 2. The maximum atomic E-state index is 13.5. The Morgan fingerprint density at radius 1 is 1.23 bits per heavy atom. The molecule has 0 aliphatic carbocycles. The average molecular weight is 304 g/mol. The smallest absolute Gasteiger partial charge is 0.141 e. The summed E-state index contributed by atoms with van der Waals surface area (Å²) in [7, 11) is 0. The minimum atomic E-state index is -0.174. The molecule has 2 aromatic rings. The van der Waals surface area contributed by atoms with Crippen molar-refractivity contribution in [3.05, 3.63) is 58.7 Å². The van der Waals surface area contributed by atoms with Crippen LogP contribution in [0, 0.1) is 12.7 Å². The zero-order chi connectivity index (χ0) is 15.9. The van der Waals surface area contributed by atoms with Gasteiger partial charge in [-0.2, -0.15) is 0 Å². The number of hydrogen-bond donors (Lipinski definition) is 3. The first kappa shape index (κ1) is 16.4. The number of aliphatic hydroxyl groups is 1. The maximum absolute atomic E-state index is 13.5. The molecule has 4 nitrogen and oxygen atoms in total. The lowest BCUT2D eigenvalue weighted by Crippen LogP contribution is -2.17. The van der Waals surface area contributed by atoms with Gasteiger partial charge in [0.25, 0.3) is 0 Å². The Hall–Kier alpha value is -1.98. The molecule has 0 fully saturated rings. The fraction of sp³-hybridized carbons (Fsp3) is 0.353. The summed E-state index contributed by atoms with van der Waals surface area (Å²) in [6, 6.07) is 6.77. The van der Waals surface area contributed by atoms with E-state index in [2.05, 4.69) is 10.3 Å². The van der Waals surface area contributed by atoms with Crippen LogP contribution in [0.5, 0.6) is 5.75 Å². The Labute approximate surface area is 129 Å². The van der Waals surface area contributed by atoms with Crippen molar-refractivity contribution in [2.75, 3.05) is 6.54 Å². The van der Waals surface area contributed by atoms with Crippen LogP contribution < -0.4 is 5.32 Å². The van der Waals surface area contributed by atoms with Gasteiger partial charge in [0.1, 0.15) is 11.6 Å². The third kappa shape index (κ3) is 4.02. The second kappa shape index (κ2) is 7.87. The number of nitrogens with one attached hydrogen (secondary N) is 1. The van der Waals surface area contributed by atoms with E-state index in [0.717, 1.165) is 6.42 Å². The van der Waals surface area contributed by atoms with Gasteiger partial charge in [0.2, 0.25) is 0 Å². The predicted octanol–water partition coefficient (Wildman–Crippen LogP) is 2.45. The lowest BCUT2D eigenvalue weighted by Gasteiger charge is -2.12. The van der Waals surface area contributed by atoms with E-state index in [1.54, 1.807) is 25.3 Å². The zero-order valence-electron chi connectivity index (χ0n) is 12.6. The number of halogens is 1. The molecule has 1 aromatic heterocycles. The summed E-state index contributed by atoms with van der Waals surface area (Å²) in [5, 5.41) is 22.5. The molecule has 0 saturated heterocycles. The van der Waals surface area contributed by atoms with E-state index in [-0.39, 0.29) is 18.2 Å². The lowest BCUT2D eigenvalue weighted by molar-refractivity contribution is 0.278. The van der Waals surface area contributed by atoms with Crippen LogP contribution in [-0.4, -0.2) is 21.7 Å². The van der Waals surface area contributed by atoms with E-state index in [4.69, 9.17) is 0 Å². The third-order valence-corrected chi connectivity index (χ3v) is 3.66. The summed E-state index contributed by atoms with van der Waals surface area (Å²) in [6.45, 7) is 2.70. The normalized spacial score (nSPS) is 10.9. The Balaban J connectivity index is 1.85. The maximum Gasteiger partial charge on any atom is 0.141 e. The van der Waals surface area contributed by atoms with Crippen molar-refractivity contribution < 1.29 is 14.6 Å². The van der Waals surface area contributed by atoms with E-state index in [9.17, 15) is 14.6 Å². The van der Waals surface area contributed by atoms with Gasteiger partial charge in [-0.15, -0.1) is 0 Å². The van der Waals surface area contributed by atoms with Crippen molar-refractivity contribution in [2.24, 2.45) is 0 Å². The highest BCUT2D eigenvalue weighted by atomic mass is 19.1. The van der Waals surface area contributed by atoms with Gasteiger partial charge >= 0.3 is 0 Å². The van der Waals surface area contributed by atoms with E-state index in [1.165, 1.54) is 6.07 Å². The standard InChI is InChI=1S/C17H21FN2O2/c1-12-17(22)15(14(11-21)9-20-12)10-19-8-4-6-13-5-2-3-7-16(13)18/h2-3,5,7,9,19,21-22H,4,6,8,10-11H2,1H3. The molecule has 5 heteroatoms. The molecule has 0 unspecified atom stereocenters. The largest absolute Gasteiger partial charge is 0.506 e. The first-order valence-electron chi connectivity index (χ1n) is 7.34. The fourth-order valence-corrected chi connectivity index (χ4v) is 2.34. The van der Waals surface area contributed by atoms with Gasteiger partial charge in [0, 0.05) is 23.9 Å². The molecule has 118 valence electrons. The molecule has 0 saturated carbocycles. The van der Waals surface area contributed by atoms with Crippen LogP contribution in [0.3, 0.4) is 0 Å². The van der Waals surface area contributed by atoms with Gasteiger partial charge in [0.15, 0.2) is 0 Å². The highest BCUT2D eigenvalue weighted by Crippen LogP contribution is 2.23. The van der Waals surface area contributed by atoms with Crippen LogP contribution in [0.15, 0.2) is 30.5 Å². The van der Waals surface area contributed by atoms with Gasteiger partial charge < -0.3 is 15.5 Å². The summed E-state index contributed by atoms with van der Waals surface area (Å²) in [5.41, 5.74) is 2.54. The van der Waals surface area contributed by atoms with Crippen LogP contribution >= 0.6 is 0 Å². The summed E-state index contributed by atoms with van der Waals surface area (Å²) >= 11 is 0. The van der Waals surface area contributed by atoms with Crippen molar-refractivity contribution in [2.45, 2.75) is 32.9 Å². The van der Waals surface area contributed by atoms with Gasteiger partial charge in [-0.1, -0.05) is 18.2 Å². The number of hydrogen-bond acceptors (Lipinski definition) is 4. The van der Waals surface area contributed by atoms with Crippen LogP contribution in [0.2, 0.25) is 0 Å². The summed E-state index contributed by atoms with van der Waals surface area (Å²) in [4.78, 5) is 4.02. The van der Waals surface area contributed by atoms with Gasteiger partial charge in [-0.3, -0.25) is 4.98 Å². The van der Waals surface area contributed by atoms with Crippen LogP contribution in [-0.2, 0) is 19.6 Å². The molecule has 1 heterocycles. The molecule has 3 N–H and O–H groups in total. The minimum Gasteiger partial charge on any atom is -0.506 e. The molecule has 0 radical (unpaired) electrons. The van der Waals surface area contributed by atoms with E-state index < -0.39 is 0 Å². The molecule has 0 aliphatic rings. The van der Waals surface area contributed by atoms with Crippen molar-refractivity contribution >= 4 is 0 Å². The van der Waals surface area contributed by atoms with Crippen molar-refractivity contribution in [3.8, 4) is 5.75 Å². The quantitative estimate of drug-likeness (QED) is 0.688. The first-order chi connectivity index (χ1) is 10.6. The zero-order valence-corrected chi connectivity index (χ0v) is 12.6. The van der Waals surface area contributed by atoms with Gasteiger partial charge in [-0.25, -0.2) is 4.39 Å². The average Bonchev–Trinajstić information content (AvgIpc) is 2.52. The first-order valence-corrected chi connectivity index (χ1v) is 7.34. The number of benzene rings is 1. The van der Waals surface area contributed by atoms with E-state index >= 15 is 0 Å². The molecule has 22 heavy (non-hydrogen) atoms. The van der Waals surface area contributed by atoms with Crippen molar-refractivity contribution in [1.82, 2.24) is 10.3 Å². The number of aliphatic hydroxyl groups excluding tert-OH is 1. The molecule has 1 aromatic carbocycles. The van der Waals surface area contributed by atoms with Crippen molar-refractivity contribution in [1.29, 1.82) is 0 Å². The molecule has 0 bridgehead atoms. The van der Waals surface area contributed by atoms with Crippen LogP contribution in [0.25, 0.3) is 0 Å². The molecular formula is C17H21FN2O2. The highest BCUT2D eigenvalue weighted by Gasteiger charge is 2.10. The topological polar surface area (TPSA) is 65.4 Å². The monoisotopic (exact) mass is 304 g/mol. The Kier molecular flexibility index (Phi) is 5.86. The molecule has 0 spiro atoms. The molecule has 0 aliphatic heterocycles. The third-order valence-electron chi connectivity index (χ3n) is 3.66. The van der Waals surface area contributed by atoms with Gasteiger partial charge in [0.05, 0.1) is 12.3 Å². The molecule has 0 amide bonds. The Bertz CT molecular complexity index is 632. The number of pyridine rings is 1.